The number of carbonyl (C=O) groups is 1. The lowest BCUT2D eigenvalue weighted by Gasteiger charge is -2.29. The fraction of sp³-hybridized carbons (Fsp3) is 0.565. The van der Waals surface area contributed by atoms with Gasteiger partial charge in [0.05, 0.1) is 24.4 Å². The number of halogens is 1. The van der Waals surface area contributed by atoms with Gasteiger partial charge in [0.25, 0.3) is 5.91 Å². The minimum atomic E-state index is -1.01. The Hall–Kier alpha value is -2.21. The molecule has 0 saturated heterocycles. The molecule has 1 aromatic carbocycles. The van der Waals surface area contributed by atoms with Gasteiger partial charge in [-0.05, 0) is 32.0 Å². The Labute approximate surface area is 171 Å². The summed E-state index contributed by atoms with van der Waals surface area (Å²) in [6.45, 7) is 13.8. The van der Waals surface area contributed by atoms with Crippen molar-refractivity contribution in [2.75, 3.05) is 13.7 Å². The van der Waals surface area contributed by atoms with Crippen LogP contribution >= 0.6 is 0 Å². The van der Waals surface area contributed by atoms with Gasteiger partial charge in [0.2, 0.25) is 0 Å². The van der Waals surface area contributed by atoms with Crippen LogP contribution in [0.5, 0.6) is 0 Å². The zero-order chi connectivity index (χ0) is 21.7. The van der Waals surface area contributed by atoms with Gasteiger partial charge in [-0.2, -0.15) is 9.78 Å². The second-order valence-electron chi connectivity index (χ2n) is 9.72. The summed E-state index contributed by atoms with van der Waals surface area (Å²) in [4.78, 5) is 12.8. The first kappa shape index (κ1) is 21.5. The fourth-order valence-electron chi connectivity index (χ4n) is 3.83. The maximum absolute atomic E-state index is 14.4. The lowest BCUT2D eigenvalue weighted by Crippen LogP contribution is -2.29. The van der Waals surface area contributed by atoms with E-state index in [4.69, 9.17) is 4.74 Å². The highest BCUT2D eigenvalue weighted by Crippen LogP contribution is 2.36. The Kier molecular flexibility index (Phi) is 5.37. The quantitative estimate of drug-likeness (QED) is 0.565. The minimum Gasteiger partial charge on any atom is -0.384 e. The third kappa shape index (κ3) is 3.70. The molecular weight excluding hydrogens is 369 g/mol. The van der Waals surface area contributed by atoms with Crippen LogP contribution < -0.4 is 0 Å². The number of rotatable bonds is 5. The Bertz CT molecular complexity index is 1050. The Morgan fingerprint density at radius 1 is 1.10 bits per heavy atom. The summed E-state index contributed by atoms with van der Waals surface area (Å²) in [6, 6.07) is 5.75. The average molecular weight is 402 g/mol. The van der Waals surface area contributed by atoms with Crippen LogP contribution in [0.2, 0.25) is 0 Å². The SMILES string of the molecule is COCC(C)(C)c1cc2cc3c(cnn3C(=O)C(C)(C)C)cc2n1C(C)[C@@H](C)F. The van der Waals surface area contributed by atoms with Crippen LogP contribution in [0.25, 0.3) is 21.8 Å². The summed E-state index contributed by atoms with van der Waals surface area (Å²) in [5, 5.41) is 6.17. The number of hydrogen-bond donors (Lipinski definition) is 0. The van der Waals surface area contributed by atoms with Gasteiger partial charge in [0, 0.05) is 39.9 Å². The molecular formula is C23H32FN3O2. The molecule has 0 fully saturated rings. The van der Waals surface area contributed by atoms with Gasteiger partial charge < -0.3 is 9.30 Å². The lowest BCUT2D eigenvalue weighted by atomic mass is 9.89. The maximum Gasteiger partial charge on any atom is 0.252 e. The molecule has 158 valence electrons. The number of nitrogens with zero attached hydrogens (tertiary/aromatic N) is 3. The van der Waals surface area contributed by atoms with Crippen LogP contribution in [-0.4, -0.2) is 40.1 Å². The molecule has 3 aromatic rings. The predicted molar refractivity (Wildman–Crippen MR) is 115 cm³/mol. The largest absolute Gasteiger partial charge is 0.384 e. The normalized spacial score (nSPS) is 15.2. The van der Waals surface area contributed by atoms with Gasteiger partial charge in [0.1, 0.15) is 6.17 Å². The highest BCUT2D eigenvalue weighted by molar-refractivity contribution is 6.00. The number of hydrogen-bond acceptors (Lipinski definition) is 3. The van der Waals surface area contributed by atoms with Gasteiger partial charge >= 0.3 is 0 Å². The van der Waals surface area contributed by atoms with Crippen molar-refractivity contribution >= 4 is 27.7 Å². The van der Waals surface area contributed by atoms with Gasteiger partial charge in [-0.25, -0.2) is 4.39 Å². The first-order chi connectivity index (χ1) is 13.4. The van der Waals surface area contributed by atoms with E-state index in [2.05, 4.69) is 29.6 Å². The van der Waals surface area contributed by atoms with Crippen molar-refractivity contribution in [1.29, 1.82) is 0 Å². The second-order valence-corrected chi connectivity index (χ2v) is 9.72. The molecule has 29 heavy (non-hydrogen) atoms. The zero-order valence-corrected chi connectivity index (χ0v) is 18.7. The first-order valence-corrected chi connectivity index (χ1v) is 10.1. The summed E-state index contributed by atoms with van der Waals surface area (Å²) in [7, 11) is 1.68. The number of fused-ring (bicyclic) bond motifs is 2. The molecule has 0 amide bonds. The van der Waals surface area contributed by atoms with Crippen LogP contribution in [0, 0.1) is 5.41 Å². The van der Waals surface area contributed by atoms with E-state index in [1.807, 2.05) is 39.8 Å². The topological polar surface area (TPSA) is 49.1 Å². The Morgan fingerprint density at radius 2 is 1.72 bits per heavy atom. The van der Waals surface area contributed by atoms with Crippen LogP contribution in [-0.2, 0) is 10.2 Å². The molecule has 0 aliphatic carbocycles. The van der Waals surface area contributed by atoms with Crippen LogP contribution in [0.1, 0.15) is 65.0 Å². The molecule has 2 atom stereocenters. The number of ether oxygens (including phenoxy) is 1. The van der Waals surface area contributed by atoms with Crippen LogP contribution in [0.15, 0.2) is 24.4 Å². The summed E-state index contributed by atoms with van der Waals surface area (Å²) < 4.78 is 23.4. The van der Waals surface area contributed by atoms with E-state index in [1.54, 1.807) is 20.2 Å². The van der Waals surface area contributed by atoms with Crippen molar-refractivity contribution in [3.05, 3.63) is 30.1 Å². The maximum atomic E-state index is 14.4. The summed E-state index contributed by atoms with van der Waals surface area (Å²) in [5.74, 6) is -0.0584. The number of benzene rings is 1. The van der Waals surface area contributed by atoms with Crippen molar-refractivity contribution in [2.24, 2.45) is 5.41 Å². The van der Waals surface area contributed by atoms with Crippen molar-refractivity contribution in [3.63, 3.8) is 0 Å². The second kappa shape index (κ2) is 7.24. The summed E-state index contributed by atoms with van der Waals surface area (Å²) in [5.41, 5.74) is 1.89. The van der Waals surface area contributed by atoms with Gasteiger partial charge in [0.15, 0.2) is 0 Å². The molecule has 0 N–H and O–H groups in total. The van der Waals surface area contributed by atoms with E-state index in [1.165, 1.54) is 4.68 Å². The smallest absolute Gasteiger partial charge is 0.252 e. The molecule has 0 aliphatic rings. The number of aromatic nitrogens is 3. The monoisotopic (exact) mass is 401 g/mol. The average Bonchev–Trinajstić information content (AvgIpc) is 3.18. The molecule has 5 nitrogen and oxygen atoms in total. The van der Waals surface area contributed by atoms with Crippen LogP contribution in [0.3, 0.4) is 0 Å². The van der Waals surface area contributed by atoms with Crippen LogP contribution in [0.4, 0.5) is 4.39 Å². The molecule has 3 rings (SSSR count). The standard InChI is InChI=1S/C23H32FN3O2/c1-14(24)15(2)26-18-10-17-12-25-27(21(28)22(3,4)5)19(17)9-16(18)11-20(26)23(6,7)13-29-8/h9-12,14-15H,13H2,1-8H3/t14-,15?/m1/s1. The molecule has 2 heterocycles. The third-order valence-corrected chi connectivity index (χ3v) is 5.63. The number of alkyl halides is 1. The van der Waals surface area contributed by atoms with E-state index in [0.29, 0.717) is 6.61 Å². The molecule has 1 unspecified atom stereocenters. The van der Waals surface area contributed by atoms with Crippen molar-refractivity contribution < 1.29 is 13.9 Å². The highest BCUT2D eigenvalue weighted by Gasteiger charge is 2.30. The predicted octanol–water partition coefficient (Wildman–Crippen LogP) is 5.52. The summed E-state index contributed by atoms with van der Waals surface area (Å²) >= 11 is 0. The number of carbonyl (C=O) groups excluding carboxylic acids is 1. The molecule has 0 saturated carbocycles. The van der Waals surface area contributed by atoms with E-state index in [9.17, 15) is 9.18 Å². The van der Waals surface area contributed by atoms with E-state index < -0.39 is 11.6 Å². The fourth-order valence-corrected chi connectivity index (χ4v) is 3.83. The Balaban J connectivity index is 2.30. The molecule has 0 radical (unpaired) electrons. The van der Waals surface area contributed by atoms with Crippen molar-refractivity contribution in [2.45, 2.75) is 66.1 Å². The lowest BCUT2D eigenvalue weighted by molar-refractivity contribution is 0.0755. The van der Waals surface area contributed by atoms with Gasteiger partial charge in [-0.15, -0.1) is 0 Å². The highest BCUT2D eigenvalue weighted by atomic mass is 19.1. The van der Waals surface area contributed by atoms with Gasteiger partial charge in [-0.1, -0.05) is 34.6 Å². The van der Waals surface area contributed by atoms with Crippen molar-refractivity contribution in [3.8, 4) is 0 Å². The molecule has 0 spiro atoms. The Morgan fingerprint density at radius 3 is 2.28 bits per heavy atom. The van der Waals surface area contributed by atoms with Gasteiger partial charge in [-0.3, -0.25) is 4.79 Å². The minimum absolute atomic E-state index is 0.0584. The first-order valence-electron chi connectivity index (χ1n) is 10.1. The van der Waals surface area contributed by atoms with Crippen molar-refractivity contribution in [1.82, 2.24) is 14.3 Å². The zero-order valence-electron chi connectivity index (χ0n) is 18.7. The van der Waals surface area contributed by atoms with E-state index in [0.717, 1.165) is 27.5 Å². The van der Waals surface area contributed by atoms with E-state index in [-0.39, 0.29) is 17.4 Å². The molecule has 0 aliphatic heterocycles. The molecule has 6 heteroatoms. The third-order valence-electron chi connectivity index (χ3n) is 5.63. The molecule has 2 aromatic heterocycles. The summed E-state index contributed by atoms with van der Waals surface area (Å²) in [6.07, 6.45) is 0.697. The molecule has 0 bridgehead atoms. The van der Waals surface area contributed by atoms with E-state index >= 15 is 0 Å². The number of methoxy groups -OCH3 is 1.